The molecule has 0 aliphatic heterocycles. The van der Waals surface area contributed by atoms with Crippen LogP contribution in [0.2, 0.25) is 0 Å². The van der Waals surface area contributed by atoms with Gasteiger partial charge in [-0.25, -0.2) is 8.78 Å². The number of benzene rings is 1. The largest absolute Gasteiger partial charge is 0.481 e. The van der Waals surface area contributed by atoms with Crippen molar-refractivity contribution in [3.05, 3.63) is 35.4 Å². The van der Waals surface area contributed by atoms with E-state index >= 15 is 0 Å². The first-order valence-corrected chi connectivity index (χ1v) is 6.89. The zero-order valence-corrected chi connectivity index (χ0v) is 11.9. The molecule has 0 saturated carbocycles. The molecule has 4 nitrogen and oxygen atoms in total. The third-order valence-electron chi connectivity index (χ3n) is 3.36. The van der Waals surface area contributed by atoms with Gasteiger partial charge in [-0.15, -0.1) is 0 Å². The van der Waals surface area contributed by atoms with E-state index in [1.165, 1.54) is 6.07 Å². The van der Waals surface area contributed by atoms with Crippen LogP contribution in [0.1, 0.15) is 43.0 Å². The van der Waals surface area contributed by atoms with E-state index in [1.807, 2.05) is 6.92 Å². The second-order valence-electron chi connectivity index (χ2n) is 4.88. The van der Waals surface area contributed by atoms with Gasteiger partial charge in [0.05, 0.1) is 0 Å². The van der Waals surface area contributed by atoms with Crippen molar-refractivity contribution in [3.63, 3.8) is 0 Å². The molecule has 1 rings (SSSR count). The van der Waals surface area contributed by atoms with E-state index in [9.17, 15) is 18.4 Å². The third-order valence-corrected chi connectivity index (χ3v) is 3.36. The van der Waals surface area contributed by atoms with Gasteiger partial charge in [-0.2, -0.15) is 0 Å². The van der Waals surface area contributed by atoms with Crippen molar-refractivity contribution in [3.8, 4) is 0 Å². The Kier molecular flexibility index (Phi) is 6.78. The fourth-order valence-corrected chi connectivity index (χ4v) is 2.01. The summed E-state index contributed by atoms with van der Waals surface area (Å²) in [5.41, 5.74) is 0.0625. The molecular weight excluding hydrogens is 280 g/mol. The van der Waals surface area contributed by atoms with Crippen LogP contribution in [0.5, 0.6) is 0 Å². The molecule has 1 atom stereocenters. The van der Waals surface area contributed by atoms with Gasteiger partial charge in [0.25, 0.3) is 5.91 Å². The van der Waals surface area contributed by atoms with Gasteiger partial charge in [0.2, 0.25) is 0 Å². The van der Waals surface area contributed by atoms with Gasteiger partial charge < -0.3 is 10.4 Å². The number of amides is 1. The van der Waals surface area contributed by atoms with Gasteiger partial charge >= 0.3 is 5.97 Å². The van der Waals surface area contributed by atoms with Crippen molar-refractivity contribution in [1.82, 2.24) is 5.32 Å². The minimum Gasteiger partial charge on any atom is -0.481 e. The zero-order valence-electron chi connectivity index (χ0n) is 11.9. The maximum Gasteiger partial charge on any atom is 0.303 e. The van der Waals surface area contributed by atoms with Crippen molar-refractivity contribution in [2.45, 2.75) is 32.6 Å². The molecule has 0 fully saturated rings. The summed E-state index contributed by atoms with van der Waals surface area (Å²) in [5, 5.41) is 11.3. The first-order chi connectivity index (χ1) is 9.93. The lowest BCUT2D eigenvalue weighted by Crippen LogP contribution is -2.26. The van der Waals surface area contributed by atoms with Crippen LogP contribution in [0.25, 0.3) is 0 Å². The van der Waals surface area contributed by atoms with Gasteiger partial charge in [-0.05, 0) is 37.0 Å². The number of halogens is 2. The first-order valence-electron chi connectivity index (χ1n) is 6.89. The molecule has 1 aromatic rings. The summed E-state index contributed by atoms with van der Waals surface area (Å²) < 4.78 is 25.8. The first kappa shape index (κ1) is 17.1. The summed E-state index contributed by atoms with van der Waals surface area (Å²) in [7, 11) is 0. The second kappa shape index (κ2) is 8.34. The molecule has 0 aliphatic carbocycles. The molecule has 2 N–H and O–H groups in total. The van der Waals surface area contributed by atoms with Crippen molar-refractivity contribution < 1.29 is 23.5 Å². The van der Waals surface area contributed by atoms with Gasteiger partial charge in [0.15, 0.2) is 11.6 Å². The highest BCUT2D eigenvalue weighted by atomic mass is 19.2. The highest BCUT2D eigenvalue weighted by Gasteiger charge is 2.12. The van der Waals surface area contributed by atoms with Crippen LogP contribution in [-0.2, 0) is 4.79 Å². The number of hydrogen-bond donors (Lipinski definition) is 2. The molecule has 116 valence electrons. The molecule has 1 unspecified atom stereocenters. The molecule has 0 heterocycles. The Hall–Kier alpha value is -1.98. The number of carbonyl (C=O) groups excluding carboxylic acids is 1. The van der Waals surface area contributed by atoms with E-state index in [0.29, 0.717) is 19.4 Å². The van der Waals surface area contributed by atoms with E-state index in [0.717, 1.165) is 18.6 Å². The van der Waals surface area contributed by atoms with E-state index in [1.54, 1.807) is 0 Å². The standard InChI is InChI=1S/C15H19F2NO3/c1-2-10(3-6-14(19)20)7-8-18-15(21)11-4-5-12(16)13(17)9-11/h4-5,9-10H,2-3,6-8H2,1H3,(H,18,21)(H,19,20). The monoisotopic (exact) mass is 299 g/mol. The lowest BCUT2D eigenvalue weighted by Gasteiger charge is -2.14. The van der Waals surface area contributed by atoms with Gasteiger partial charge in [0.1, 0.15) is 0 Å². The molecule has 0 aliphatic rings. The number of hydrogen-bond acceptors (Lipinski definition) is 2. The molecule has 0 bridgehead atoms. The third kappa shape index (κ3) is 5.89. The number of carboxylic acids is 1. The molecular formula is C15H19F2NO3. The molecule has 1 aromatic carbocycles. The summed E-state index contributed by atoms with van der Waals surface area (Å²) in [6.45, 7) is 2.33. The van der Waals surface area contributed by atoms with Crippen molar-refractivity contribution >= 4 is 11.9 Å². The van der Waals surface area contributed by atoms with Crippen LogP contribution in [0.3, 0.4) is 0 Å². The maximum absolute atomic E-state index is 13.0. The number of rotatable bonds is 8. The predicted molar refractivity (Wildman–Crippen MR) is 74.0 cm³/mol. The minimum absolute atomic E-state index is 0.0625. The Balaban J connectivity index is 2.41. The molecule has 0 spiro atoms. The Morgan fingerprint density at radius 1 is 1.24 bits per heavy atom. The highest BCUT2D eigenvalue weighted by molar-refractivity contribution is 5.94. The molecule has 21 heavy (non-hydrogen) atoms. The molecule has 0 radical (unpaired) electrons. The van der Waals surface area contributed by atoms with Crippen LogP contribution >= 0.6 is 0 Å². The molecule has 1 amide bonds. The fraction of sp³-hybridized carbons (Fsp3) is 0.467. The zero-order chi connectivity index (χ0) is 15.8. The van der Waals surface area contributed by atoms with Crippen LogP contribution in [-0.4, -0.2) is 23.5 Å². The molecule has 0 saturated heterocycles. The van der Waals surface area contributed by atoms with Gasteiger partial charge in [-0.1, -0.05) is 13.3 Å². The summed E-state index contributed by atoms with van der Waals surface area (Å²) in [6, 6.07) is 2.98. The summed E-state index contributed by atoms with van der Waals surface area (Å²) >= 11 is 0. The van der Waals surface area contributed by atoms with Crippen molar-refractivity contribution in [2.75, 3.05) is 6.54 Å². The molecule has 6 heteroatoms. The Morgan fingerprint density at radius 3 is 2.52 bits per heavy atom. The van der Waals surface area contributed by atoms with E-state index in [4.69, 9.17) is 5.11 Å². The van der Waals surface area contributed by atoms with E-state index in [2.05, 4.69) is 5.32 Å². The van der Waals surface area contributed by atoms with Crippen LogP contribution in [0.4, 0.5) is 8.78 Å². The minimum atomic E-state index is -1.06. The van der Waals surface area contributed by atoms with Crippen LogP contribution in [0.15, 0.2) is 18.2 Å². The second-order valence-corrected chi connectivity index (χ2v) is 4.88. The average Bonchev–Trinajstić information content (AvgIpc) is 2.45. The fourth-order valence-electron chi connectivity index (χ4n) is 2.01. The van der Waals surface area contributed by atoms with Crippen molar-refractivity contribution in [1.29, 1.82) is 0 Å². The number of carboxylic acid groups (broad SMARTS) is 1. The average molecular weight is 299 g/mol. The van der Waals surface area contributed by atoms with Crippen LogP contribution < -0.4 is 5.32 Å². The van der Waals surface area contributed by atoms with Gasteiger partial charge in [0, 0.05) is 18.5 Å². The van der Waals surface area contributed by atoms with Crippen LogP contribution in [0, 0.1) is 17.6 Å². The Bertz CT molecular complexity index is 506. The van der Waals surface area contributed by atoms with E-state index in [-0.39, 0.29) is 17.9 Å². The lowest BCUT2D eigenvalue weighted by molar-refractivity contribution is -0.137. The maximum atomic E-state index is 13.0. The topological polar surface area (TPSA) is 66.4 Å². The van der Waals surface area contributed by atoms with Crippen molar-refractivity contribution in [2.24, 2.45) is 5.92 Å². The quantitative estimate of drug-likeness (QED) is 0.775. The van der Waals surface area contributed by atoms with E-state index < -0.39 is 23.5 Å². The Morgan fingerprint density at radius 2 is 1.95 bits per heavy atom. The smallest absolute Gasteiger partial charge is 0.303 e. The van der Waals surface area contributed by atoms with Gasteiger partial charge in [-0.3, -0.25) is 9.59 Å². The summed E-state index contributed by atoms with van der Waals surface area (Å²) in [4.78, 5) is 22.3. The number of carbonyl (C=O) groups is 2. The Labute approximate surface area is 122 Å². The predicted octanol–water partition coefficient (Wildman–Crippen LogP) is 2.98. The number of aliphatic carboxylic acids is 1. The highest BCUT2D eigenvalue weighted by Crippen LogP contribution is 2.15. The molecule has 0 aromatic heterocycles. The SMILES string of the molecule is CCC(CCNC(=O)c1ccc(F)c(F)c1)CCC(=O)O. The number of nitrogens with one attached hydrogen (secondary N) is 1. The summed E-state index contributed by atoms with van der Waals surface area (Å²) in [5.74, 6) is -3.14. The normalized spacial score (nSPS) is 12.0. The summed E-state index contributed by atoms with van der Waals surface area (Å²) in [6.07, 6.45) is 2.15. The lowest BCUT2D eigenvalue weighted by atomic mass is 9.96.